The van der Waals surface area contributed by atoms with Gasteiger partial charge in [-0.1, -0.05) is 42.5 Å². The Kier molecular flexibility index (Phi) is 5.33. The molecule has 0 spiro atoms. The number of aryl methyl sites for hydroxylation is 1. The van der Waals surface area contributed by atoms with Crippen molar-refractivity contribution in [3.63, 3.8) is 0 Å². The van der Waals surface area contributed by atoms with E-state index in [1.54, 1.807) is 4.90 Å². The summed E-state index contributed by atoms with van der Waals surface area (Å²) in [5, 5.41) is 2.89. The Hall–Kier alpha value is -2.82. The van der Waals surface area contributed by atoms with Crippen LogP contribution in [0.2, 0.25) is 0 Å². The van der Waals surface area contributed by atoms with E-state index in [9.17, 15) is 9.59 Å². The van der Waals surface area contributed by atoms with Crippen molar-refractivity contribution in [3.05, 3.63) is 65.7 Å². The molecule has 0 bridgehead atoms. The smallest absolute Gasteiger partial charge is 0.321 e. The molecule has 1 heterocycles. The summed E-state index contributed by atoms with van der Waals surface area (Å²) in [6.07, 6.45) is 0.420. The molecule has 0 aromatic heterocycles. The molecule has 1 N–H and O–H groups in total. The van der Waals surface area contributed by atoms with E-state index in [0.29, 0.717) is 32.6 Å². The van der Waals surface area contributed by atoms with E-state index in [0.717, 1.165) is 16.8 Å². The van der Waals surface area contributed by atoms with E-state index in [2.05, 4.69) is 5.32 Å². The number of para-hydroxylation sites is 1. The summed E-state index contributed by atoms with van der Waals surface area (Å²) in [6, 6.07) is 17.3. The summed E-state index contributed by atoms with van der Waals surface area (Å²) in [6.45, 7) is 4.28. The monoisotopic (exact) mass is 337 g/mol. The van der Waals surface area contributed by atoms with Gasteiger partial charge in [0.05, 0.1) is 6.42 Å². The summed E-state index contributed by atoms with van der Waals surface area (Å²) < 4.78 is 0. The molecule has 3 amide bonds. The lowest BCUT2D eigenvalue weighted by Crippen LogP contribution is -2.52. The zero-order valence-electron chi connectivity index (χ0n) is 14.4. The van der Waals surface area contributed by atoms with Crippen molar-refractivity contribution in [2.45, 2.75) is 13.3 Å². The highest BCUT2D eigenvalue weighted by Crippen LogP contribution is 2.12. The lowest BCUT2D eigenvalue weighted by Gasteiger charge is -2.34. The zero-order valence-corrected chi connectivity index (χ0v) is 14.4. The molecule has 1 fully saturated rings. The normalized spacial score (nSPS) is 14.3. The molecule has 0 saturated carbocycles. The molecule has 2 aromatic rings. The summed E-state index contributed by atoms with van der Waals surface area (Å²) in [7, 11) is 0. The van der Waals surface area contributed by atoms with E-state index in [4.69, 9.17) is 0 Å². The third-order valence-electron chi connectivity index (χ3n) is 4.55. The topological polar surface area (TPSA) is 52.7 Å². The number of anilines is 1. The fourth-order valence-corrected chi connectivity index (χ4v) is 2.97. The van der Waals surface area contributed by atoms with E-state index >= 15 is 0 Å². The minimum absolute atomic E-state index is 0.114. The van der Waals surface area contributed by atoms with Gasteiger partial charge in [-0.3, -0.25) is 4.79 Å². The van der Waals surface area contributed by atoms with E-state index in [1.165, 1.54) is 0 Å². The van der Waals surface area contributed by atoms with Crippen molar-refractivity contribution in [3.8, 4) is 0 Å². The molecule has 5 nitrogen and oxygen atoms in total. The van der Waals surface area contributed by atoms with Gasteiger partial charge in [-0.05, 0) is 30.2 Å². The maximum atomic E-state index is 12.5. The molecule has 0 unspecified atom stereocenters. The van der Waals surface area contributed by atoms with Crippen LogP contribution in [0.4, 0.5) is 10.5 Å². The largest absolute Gasteiger partial charge is 0.339 e. The Morgan fingerprint density at radius 1 is 0.880 bits per heavy atom. The fourth-order valence-electron chi connectivity index (χ4n) is 2.97. The Labute approximate surface area is 148 Å². The lowest BCUT2D eigenvalue weighted by molar-refractivity contribution is -0.131. The molecule has 25 heavy (non-hydrogen) atoms. The standard InChI is InChI=1S/C20H23N3O2/c1-16-7-5-6-8-17(16)15-19(24)22-11-13-23(14-12-22)20(25)21-18-9-3-2-4-10-18/h2-10H,11-15H2,1H3,(H,21,25). The number of benzene rings is 2. The molecular weight excluding hydrogens is 314 g/mol. The summed E-state index contributed by atoms with van der Waals surface area (Å²) in [5.41, 5.74) is 2.99. The van der Waals surface area contributed by atoms with Crippen LogP contribution in [-0.4, -0.2) is 47.9 Å². The van der Waals surface area contributed by atoms with Gasteiger partial charge in [0.2, 0.25) is 5.91 Å². The highest BCUT2D eigenvalue weighted by molar-refractivity contribution is 5.89. The third-order valence-corrected chi connectivity index (χ3v) is 4.55. The molecule has 5 heteroatoms. The second-order valence-corrected chi connectivity index (χ2v) is 6.27. The van der Waals surface area contributed by atoms with Gasteiger partial charge in [0.25, 0.3) is 0 Å². The van der Waals surface area contributed by atoms with Crippen LogP contribution in [0.1, 0.15) is 11.1 Å². The number of hydrogen-bond acceptors (Lipinski definition) is 2. The molecule has 0 radical (unpaired) electrons. The number of carbonyl (C=O) groups excluding carboxylic acids is 2. The van der Waals surface area contributed by atoms with Crippen molar-refractivity contribution >= 4 is 17.6 Å². The maximum Gasteiger partial charge on any atom is 0.321 e. The lowest BCUT2D eigenvalue weighted by atomic mass is 10.1. The number of amides is 3. The molecule has 3 rings (SSSR count). The number of carbonyl (C=O) groups is 2. The van der Waals surface area contributed by atoms with Crippen molar-refractivity contribution < 1.29 is 9.59 Å². The molecule has 0 aliphatic carbocycles. The van der Waals surface area contributed by atoms with Gasteiger partial charge < -0.3 is 15.1 Å². The first-order valence-corrected chi connectivity index (χ1v) is 8.57. The van der Waals surface area contributed by atoms with Gasteiger partial charge in [-0.25, -0.2) is 4.79 Å². The Balaban J connectivity index is 1.50. The number of piperazine rings is 1. The van der Waals surface area contributed by atoms with E-state index < -0.39 is 0 Å². The molecule has 1 aliphatic heterocycles. The molecule has 2 aromatic carbocycles. The predicted molar refractivity (Wildman–Crippen MR) is 98.5 cm³/mol. The van der Waals surface area contributed by atoms with Gasteiger partial charge >= 0.3 is 6.03 Å². The third kappa shape index (κ3) is 4.38. The second-order valence-electron chi connectivity index (χ2n) is 6.27. The quantitative estimate of drug-likeness (QED) is 0.936. The van der Waals surface area contributed by atoms with Gasteiger partial charge in [0.1, 0.15) is 0 Å². The molecule has 1 saturated heterocycles. The number of nitrogens with zero attached hydrogens (tertiary/aromatic N) is 2. The first-order valence-electron chi connectivity index (χ1n) is 8.57. The Bertz CT molecular complexity index is 738. The van der Waals surface area contributed by atoms with Crippen molar-refractivity contribution in [2.75, 3.05) is 31.5 Å². The van der Waals surface area contributed by atoms with Crippen LogP contribution in [0.15, 0.2) is 54.6 Å². The number of rotatable bonds is 3. The van der Waals surface area contributed by atoms with Crippen LogP contribution < -0.4 is 5.32 Å². The van der Waals surface area contributed by atoms with Gasteiger partial charge in [0.15, 0.2) is 0 Å². The highest BCUT2D eigenvalue weighted by atomic mass is 16.2. The van der Waals surface area contributed by atoms with Crippen LogP contribution >= 0.6 is 0 Å². The minimum atomic E-state index is -0.114. The molecule has 130 valence electrons. The van der Waals surface area contributed by atoms with Crippen molar-refractivity contribution in [1.29, 1.82) is 0 Å². The van der Waals surface area contributed by atoms with E-state index in [1.807, 2.05) is 66.4 Å². The maximum absolute atomic E-state index is 12.5. The number of urea groups is 1. The SMILES string of the molecule is Cc1ccccc1CC(=O)N1CCN(C(=O)Nc2ccccc2)CC1. The zero-order chi connectivity index (χ0) is 17.6. The molecule has 1 aliphatic rings. The number of nitrogens with one attached hydrogen (secondary N) is 1. The van der Waals surface area contributed by atoms with Crippen LogP contribution in [-0.2, 0) is 11.2 Å². The fraction of sp³-hybridized carbons (Fsp3) is 0.300. The molecular formula is C20H23N3O2. The first kappa shape index (κ1) is 17.0. The first-order chi connectivity index (χ1) is 12.1. The van der Waals surface area contributed by atoms with Crippen LogP contribution in [0.3, 0.4) is 0 Å². The van der Waals surface area contributed by atoms with Crippen LogP contribution in [0, 0.1) is 6.92 Å². The second kappa shape index (κ2) is 7.83. The van der Waals surface area contributed by atoms with Crippen molar-refractivity contribution in [2.24, 2.45) is 0 Å². The van der Waals surface area contributed by atoms with Gasteiger partial charge in [-0.2, -0.15) is 0 Å². The average molecular weight is 337 g/mol. The summed E-state index contributed by atoms with van der Waals surface area (Å²) in [5.74, 6) is 0.123. The van der Waals surface area contributed by atoms with E-state index in [-0.39, 0.29) is 11.9 Å². The average Bonchev–Trinajstić information content (AvgIpc) is 2.64. The van der Waals surface area contributed by atoms with Gasteiger partial charge in [-0.15, -0.1) is 0 Å². The Morgan fingerprint density at radius 2 is 1.48 bits per heavy atom. The summed E-state index contributed by atoms with van der Waals surface area (Å²) in [4.78, 5) is 28.4. The van der Waals surface area contributed by atoms with Crippen molar-refractivity contribution in [1.82, 2.24) is 9.80 Å². The summed E-state index contributed by atoms with van der Waals surface area (Å²) >= 11 is 0. The van der Waals surface area contributed by atoms with Crippen LogP contribution in [0.5, 0.6) is 0 Å². The van der Waals surface area contributed by atoms with Gasteiger partial charge in [0, 0.05) is 31.9 Å². The van der Waals surface area contributed by atoms with Crippen LogP contribution in [0.25, 0.3) is 0 Å². The predicted octanol–water partition coefficient (Wildman–Crippen LogP) is 2.91. The molecule has 0 atom stereocenters. The highest BCUT2D eigenvalue weighted by Gasteiger charge is 2.24. The minimum Gasteiger partial charge on any atom is -0.339 e. The Morgan fingerprint density at radius 3 is 2.16 bits per heavy atom. The number of hydrogen-bond donors (Lipinski definition) is 1.